The van der Waals surface area contributed by atoms with Crippen molar-refractivity contribution >= 4 is 29.3 Å². The fourth-order valence-electron chi connectivity index (χ4n) is 7.13. The highest BCUT2D eigenvalue weighted by Gasteiger charge is 2.49. The molecular formula is C31H46ClN5O3. The zero-order valence-corrected chi connectivity index (χ0v) is 24.7. The normalized spacial score (nSPS) is 25.1. The monoisotopic (exact) mass is 571 g/mol. The molecule has 220 valence electrons. The lowest BCUT2D eigenvalue weighted by Crippen LogP contribution is -2.61. The summed E-state index contributed by atoms with van der Waals surface area (Å²) in [6.07, 6.45) is 11.0. The summed E-state index contributed by atoms with van der Waals surface area (Å²) >= 11 is 6.11. The Bertz CT molecular complexity index is 1030. The van der Waals surface area contributed by atoms with Gasteiger partial charge in [-0.15, -0.1) is 0 Å². The molecule has 3 amide bonds. The molecule has 2 heterocycles. The van der Waals surface area contributed by atoms with E-state index in [1.54, 1.807) is 0 Å². The van der Waals surface area contributed by atoms with E-state index >= 15 is 0 Å². The van der Waals surface area contributed by atoms with Crippen LogP contribution in [0.1, 0.15) is 69.8 Å². The molecule has 0 radical (unpaired) electrons. The minimum atomic E-state index is -0.671. The Labute approximate surface area is 243 Å². The molecule has 4 aliphatic rings. The molecule has 2 saturated carbocycles. The number of nitrogens with one attached hydrogen (secondary N) is 3. The summed E-state index contributed by atoms with van der Waals surface area (Å²) in [5, 5.41) is 10.4. The molecule has 40 heavy (non-hydrogen) atoms. The van der Waals surface area contributed by atoms with Gasteiger partial charge in [0.1, 0.15) is 12.1 Å². The van der Waals surface area contributed by atoms with Crippen LogP contribution in [0.15, 0.2) is 24.3 Å². The van der Waals surface area contributed by atoms with Crippen molar-refractivity contribution in [3.8, 4) is 0 Å². The predicted molar refractivity (Wildman–Crippen MR) is 157 cm³/mol. The van der Waals surface area contributed by atoms with Crippen LogP contribution in [0, 0.1) is 11.3 Å². The first-order valence-electron chi connectivity index (χ1n) is 15.4. The number of amides is 3. The largest absolute Gasteiger partial charge is 0.353 e. The van der Waals surface area contributed by atoms with Gasteiger partial charge in [-0.1, -0.05) is 43.0 Å². The number of hydrogen-bond donors (Lipinski definition) is 3. The van der Waals surface area contributed by atoms with E-state index in [2.05, 4.69) is 16.0 Å². The van der Waals surface area contributed by atoms with Crippen LogP contribution < -0.4 is 16.0 Å². The second-order valence-electron chi connectivity index (χ2n) is 12.5. The maximum absolute atomic E-state index is 14.0. The van der Waals surface area contributed by atoms with Gasteiger partial charge in [0, 0.05) is 50.2 Å². The van der Waals surface area contributed by atoms with E-state index in [1.807, 2.05) is 41.1 Å². The number of piperazine rings is 1. The third kappa shape index (κ3) is 6.66. The summed E-state index contributed by atoms with van der Waals surface area (Å²) in [5.74, 6) is 0.411. The third-order valence-electron chi connectivity index (χ3n) is 10.0. The lowest BCUT2D eigenvalue weighted by molar-refractivity contribution is -0.147. The van der Waals surface area contributed by atoms with Crippen molar-refractivity contribution in [3.63, 3.8) is 0 Å². The van der Waals surface area contributed by atoms with Crippen molar-refractivity contribution in [2.75, 3.05) is 39.8 Å². The Morgan fingerprint density at radius 1 is 1.00 bits per heavy atom. The van der Waals surface area contributed by atoms with Gasteiger partial charge in [-0.25, -0.2) is 0 Å². The summed E-state index contributed by atoms with van der Waals surface area (Å²) in [5.41, 5.74) is 0.560. The van der Waals surface area contributed by atoms with Gasteiger partial charge in [0.2, 0.25) is 17.7 Å². The third-order valence-corrected chi connectivity index (χ3v) is 10.3. The van der Waals surface area contributed by atoms with Gasteiger partial charge in [0.15, 0.2) is 0 Å². The molecule has 9 heteroatoms. The number of carbonyl (C=O) groups is 3. The molecule has 5 rings (SSSR count). The maximum Gasteiger partial charge on any atom is 0.245 e. The van der Waals surface area contributed by atoms with Gasteiger partial charge in [-0.3, -0.25) is 19.3 Å². The highest BCUT2D eigenvalue weighted by Crippen LogP contribution is 2.46. The number of rotatable bonds is 8. The van der Waals surface area contributed by atoms with Crippen LogP contribution in [0.2, 0.25) is 5.02 Å². The molecule has 2 saturated heterocycles. The Morgan fingerprint density at radius 3 is 2.33 bits per heavy atom. The Kier molecular flexibility index (Phi) is 9.69. The van der Waals surface area contributed by atoms with Crippen LogP contribution in [0.25, 0.3) is 0 Å². The van der Waals surface area contributed by atoms with Crippen LogP contribution in [0.4, 0.5) is 0 Å². The topological polar surface area (TPSA) is 93.8 Å². The van der Waals surface area contributed by atoms with Crippen LogP contribution in [-0.2, 0) is 20.8 Å². The van der Waals surface area contributed by atoms with Crippen molar-refractivity contribution in [3.05, 3.63) is 34.9 Å². The maximum atomic E-state index is 14.0. The molecule has 0 bridgehead atoms. The average Bonchev–Trinajstić information content (AvgIpc) is 2.96. The number of likely N-dealkylation sites (tertiary alicyclic amines) is 1. The Hall–Kier alpha value is -2.16. The Morgan fingerprint density at radius 2 is 1.70 bits per heavy atom. The first kappa shape index (κ1) is 29.3. The van der Waals surface area contributed by atoms with Crippen LogP contribution in [-0.4, -0.2) is 85.4 Å². The van der Waals surface area contributed by atoms with Crippen LogP contribution in [0.3, 0.4) is 0 Å². The van der Waals surface area contributed by atoms with Crippen molar-refractivity contribution < 1.29 is 14.4 Å². The Balaban J connectivity index is 1.30. The van der Waals surface area contributed by atoms with Crippen molar-refractivity contribution in [1.29, 1.82) is 0 Å². The SMILES string of the molecule is CN1CCNC[C@@H]1C(=O)N[C@H](Cc1ccc(Cl)cc1)C(=O)N1CCC(C(=O)NC2CCC2)(C2CCCCC2)CC1. The summed E-state index contributed by atoms with van der Waals surface area (Å²) in [6.45, 7) is 3.29. The van der Waals surface area contributed by atoms with E-state index in [4.69, 9.17) is 11.6 Å². The number of piperidine rings is 1. The van der Waals surface area contributed by atoms with Crippen molar-refractivity contribution in [1.82, 2.24) is 25.8 Å². The number of benzene rings is 1. The van der Waals surface area contributed by atoms with E-state index in [-0.39, 0.29) is 23.8 Å². The summed E-state index contributed by atoms with van der Waals surface area (Å²) < 4.78 is 0. The summed E-state index contributed by atoms with van der Waals surface area (Å²) in [6, 6.07) is 6.80. The first-order valence-corrected chi connectivity index (χ1v) is 15.8. The number of halogens is 1. The molecule has 2 atom stereocenters. The second-order valence-corrected chi connectivity index (χ2v) is 12.9. The smallest absolute Gasteiger partial charge is 0.245 e. The van der Waals surface area contributed by atoms with Gasteiger partial charge in [-0.2, -0.15) is 0 Å². The average molecular weight is 572 g/mol. The minimum absolute atomic E-state index is 0.0635. The zero-order valence-electron chi connectivity index (χ0n) is 23.9. The molecular weight excluding hydrogens is 526 g/mol. The van der Waals surface area contributed by atoms with E-state index < -0.39 is 11.5 Å². The highest BCUT2D eigenvalue weighted by atomic mass is 35.5. The zero-order chi connectivity index (χ0) is 28.1. The summed E-state index contributed by atoms with van der Waals surface area (Å²) in [4.78, 5) is 45.1. The molecule has 1 aromatic carbocycles. The van der Waals surface area contributed by atoms with Gasteiger partial charge in [0.25, 0.3) is 0 Å². The molecule has 0 unspecified atom stereocenters. The van der Waals surface area contributed by atoms with Crippen LogP contribution in [0.5, 0.6) is 0 Å². The van der Waals surface area contributed by atoms with Crippen molar-refractivity contribution in [2.45, 2.75) is 88.8 Å². The molecule has 2 aliphatic heterocycles. The lowest BCUT2D eigenvalue weighted by Gasteiger charge is -2.48. The molecule has 4 fully saturated rings. The highest BCUT2D eigenvalue weighted by molar-refractivity contribution is 6.30. The standard InChI is InChI=1S/C31H46ClN5O3/c1-36-19-16-33-21-27(36)28(38)35-26(20-22-10-12-24(32)13-11-22)29(39)37-17-14-31(15-18-37,23-6-3-2-4-7-23)30(40)34-25-8-5-9-25/h10-13,23,25-27,33H,2-9,14-21H2,1H3,(H,34,40)(H,35,38)/t26-,27-/m1/s1. The summed E-state index contributed by atoms with van der Waals surface area (Å²) in [7, 11) is 1.95. The van der Waals surface area contributed by atoms with E-state index in [9.17, 15) is 14.4 Å². The van der Waals surface area contributed by atoms with Crippen LogP contribution >= 0.6 is 11.6 Å². The number of hydrogen-bond acceptors (Lipinski definition) is 5. The van der Waals surface area contributed by atoms with Gasteiger partial charge < -0.3 is 20.9 Å². The molecule has 1 aromatic rings. The van der Waals surface area contributed by atoms with E-state index in [0.29, 0.717) is 55.9 Å². The molecule has 8 nitrogen and oxygen atoms in total. The predicted octanol–water partition coefficient (Wildman–Crippen LogP) is 3.13. The number of carbonyl (C=O) groups excluding carboxylic acids is 3. The van der Waals surface area contributed by atoms with Gasteiger partial charge in [-0.05, 0) is 75.6 Å². The van der Waals surface area contributed by atoms with Gasteiger partial charge >= 0.3 is 0 Å². The molecule has 3 N–H and O–H groups in total. The molecule has 2 aliphatic carbocycles. The van der Waals surface area contributed by atoms with Crippen molar-refractivity contribution in [2.24, 2.45) is 11.3 Å². The minimum Gasteiger partial charge on any atom is -0.353 e. The lowest BCUT2D eigenvalue weighted by atomic mass is 9.63. The van der Waals surface area contributed by atoms with Gasteiger partial charge in [0.05, 0.1) is 5.41 Å². The fourth-order valence-corrected chi connectivity index (χ4v) is 7.25. The van der Waals surface area contributed by atoms with E-state index in [1.165, 1.54) is 25.7 Å². The second kappa shape index (κ2) is 13.2. The first-order chi connectivity index (χ1) is 19.4. The molecule has 0 aromatic heterocycles. The fraction of sp³-hybridized carbons (Fsp3) is 0.710. The number of likely N-dealkylation sites (N-methyl/N-ethyl adjacent to an activating group) is 1. The number of nitrogens with zero attached hydrogens (tertiary/aromatic N) is 2. The van der Waals surface area contributed by atoms with E-state index in [0.717, 1.165) is 44.3 Å². The quantitative estimate of drug-likeness (QED) is 0.446. The molecule has 0 spiro atoms.